The third-order valence-corrected chi connectivity index (χ3v) is 8.05. The molecule has 8 heteroatoms. The average molecular weight is 419 g/mol. The summed E-state index contributed by atoms with van der Waals surface area (Å²) in [6.07, 6.45) is 0. The molecule has 4 heterocycles. The quantitative estimate of drug-likeness (QED) is 0.811. The Balaban J connectivity index is 1.25. The Labute approximate surface area is 171 Å². The van der Waals surface area contributed by atoms with Gasteiger partial charge in [0.25, 0.3) is 5.91 Å². The molecule has 0 bridgehead atoms. The summed E-state index contributed by atoms with van der Waals surface area (Å²) in [6.45, 7) is 3.03. The van der Waals surface area contributed by atoms with Gasteiger partial charge in [0.15, 0.2) is 0 Å². The first-order valence-electron chi connectivity index (χ1n) is 9.04. The van der Waals surface area contributed by atoms with Crippen molar-refractivity contribution in [1.29, 1.82) is 0 Å². The summed E-state index contributed by atoms with van der Waals surface area (Å²) in [7, 11) is 0. The molecule has 1 fully saturated rings. The first kappa shape index (κ1) is 17.4. The van der Waals surface area contributed by atoms with Crippen molar-refractivity contribution in [2.75, 3.05) is 36.8 Å². The number of halogens is 1. The van der Waals surface area contributed by atoms with Gasteiger partial charge in [-0.15, -0.1) is 23.1 Å². The first-order chi connectivity index (χ1) is 13.2. The Morgan fingerprint density at radius 1 is 1.22 bits per heavy atom. The van der Waals surface area contributed by atoms with E-state index < -0.39 is 0 Å². The minimum absolute atomic E-state index is 0.0834. The lowest BCUT2D eigenvalue weighted by atomic mass is 9.92. The molecule has 2 atom stereocenters. The molecule has 140 valence electrons. The van der Waals surface area contributed by atoms with Crippen molar-refractivity contribution in [3.05, 3.63) is 46.3 Å². The third kappa shape index (κ3) is 3.11. The number of piperazine rings is 1. The monoisotopic (exact) mass is 418 g/mol. The van der Waals surface area contributed by atoms with Crippen LogP contribution in [0.4, 0.5) is 5.69 Å². The predicted octanol–water partition coefficient (Wildman–Crippen LogP) is 3.47. The van der Waals surface area contributed by atoms with Crippen molar-refractivity contribution in [3.63, 3.8) is 0 Å². The van der Waals surface area contributed by atoms with Crippen molar-refractivity contribution >= 4 is 52.0 Å². The Morgan fingerprint density at radius 3 is 2.89 bits per heavy atom. The van der Waals surface area contributed by atoms with Gasteiger partial charge in [-0.25, -0.2) is 0 Å². The Bertz CT molecular complexity index is 907. The summed E-state index contributed by atoms with van der Waals surface area (Å²) in [6, 6.07) is 10.2. The molecule has 2 aromatic rings. The van der Waals surface area contributed by atoms with Gasteiger partial charge >= 0.3 is 0 Å². The molecule has 0 saturated carbocycles. The number of nitrogens with one attached hydrogen (secondary N) is 1. The molecule has 0 spiro atoms. The number of anilines is 1. The number of benzene rings is 1. The van der Waals surface area contributed by atoms with Crippen LogP contribution in [0.2, 0.25) is 5.02 Å². The second kappa shape index (κ2) is 7.04. The van der Waals surface area contributed by atoms with E-state index >= 15 is 0 Å². The summed E-state index contributed by atoms with van der Waals surface area (Å²) in [5.74, 6) is 1.16. The van der Waals surface area contributed by atoms with Crippen molar-refractivity contribution in [2.24, 2.45) is 11.0 Å². The molecule has 0 aliphatic carbocycles. The Kier molecular flexibility index (Phi) is 4.53. The van der Waals surface area contributed by atoms with E-state index in [1.165, 1.54) is 9.77 Å². The number of nitrogens with zero attached hydrogens (tertiary/aromatic N) is 3. The fourth-order valence-corrected chi connectivity index (χ4v) is 6.50. The summed E-state index contributed by atoms with van der Waals surface area (Å²) in [5, 5.41) is 7.32. The molecule has 1 saturated heterocycles. The van der Waals surface area contributed by atoms with Crippen LogP contribution in [-0.2, 0) is 4.79 Å². The van der Waals surface area contributed by atoms with Crippen LogP contribution in [0.15, 0.2) is 45.0 Å². The van der Waals surface area contributed by atoms with Crippen molar-refractivity contribution in [1.82, 2.24) is 10.3 Å². The molecule has 5 nitrogen and oxygen atoms in total. The maximum atomic E-state index is 13.1. The molecule has 1 N–H and O–H groups in total. The van der Waals surface area contributed by atoms with E-state index in [4.69, 9.17) is 11.6 Å². The lowest BCUT2D eigenvalue weighted by molar-refractivity contribution is -0.124. The van der Waals surface area contributed by atoms with Gasteiger partial charge in [-0.2, -0.15) is 5.10 Å². The lowest BCUT2D eigenvalue weighted by Crippen LogP contribution is -2.51. The molecular formula is C19H19ClN4OS2. The maximum Gasteiger partial charge on any atom is 0.270 e. The van der Waals surface area contributed by atoms with Crippen molar-refractivity contribution in [3.8, 4) is 0 Å². The first-order valence-corrected chi connectivity index (χ1v) is 11.3. The SMILES string of the molecule is O=C(C1=NNC2c3ccsc3SCC12)N1CCN(c2cccc(Cl)c2)CC1. The number of hydrazone groups is 1. The summed E-state index contributed by atoms with van der Waals surface area (Å²) < 4.78 is 1.35. The van der Waals surface area contributed by atoms with Gasteiger partial charge in [-0.1, -0.05) is 17.7 Å². The van der Waals surface area contributed by atoms with Crippen LogP contribution in [0.3, 0.4) is 0 Å². The number of fused-ring (bicyclic) bond motifs is 3. The number of carbonyl (C=O) groups excluding carboxylic acids is 1. The number of thioether (sulfide) groups is 1. The summed E-state index contributed by atoms with van der Waals surface area (Å²) in [5.41, 5.74) is 6.32. The largest absolute Gasteiger partial charge is 0.368 e. The van der Waals surface area contributed by atoms with Crippen molar-refractivity contribution < 1.29 is 4.79 Å². The molecule has 1 aromatic heterocycles. The van der Waals surface area contributed by atoms with Crippen LogP contribution in [0.25, 0.3) is 0 Å². The van der Waals surface area contributed by atoms with Crippen LogP contribution < -0.4 is 10.3 Å². The smallest absolute Gasteiger partial charge is 0.270 e. The van der Waals surface area contributed by atoms with E-state index in [0.29, 0.717) is 18.8 Å². The van der Waals surface area contributed by atoms with Gasteiger partial charge in [0.2, 0.25) is 0 Å². The fraction of sp³-hybridized carbons (Fsp3) is 0.368. The molecule has 5 rings (SSSR count). The third-order valence-electron chi connectivity index (χ3n) is 5.42. The van der Waals surface area contributed by atoms with E-state index in [1.807, 2.05) is 34.9 Å². The van der Waals surface area contributed by atoms with E-state index in [0.717, 1.165) is 29.6 Å². The molecule has 0 radical (unpaired) electrons. The average Bonchev–Trinajstić information content (AvgIpc) is 3.34. The molecule has 1 aromatic carbocycles. The highest BCUT2D eigenvalue weighted by Crippen LogP contribution is 2.45. The van der Waals surface area contributed by atoms with Gasteiger partial charge in [0.1, 0.15) is 5.71 Å². The summed E-state index contributed by atoms with van der Waals surface area (Å²) >= 11 is 9.72. The van der Waals surface area contributed by atoms with Crippen LogP contribution in [0.1, 0.15) is 11.6 Å². The van der Waals surface area contributed by atoms with Gasteiger partial charge in [-0.05, 0) is 29.6 Å². The second-order valence-corrected chi connectivity index (χ2v) is 9.59. The van der Waals surface area contributed by atoms with Crippen molar-refractivity contribution in [2.45, 2.75) is 10.3 Å². The van der Waals surface area contributed by atoms with E-state index in [2.05, 4.69) is 32.9 Å². The highest BCUT2D eigenvalue weighted by atomic mass is 35.5. The minimum Gasteiger partial charge on any atom is -0.368 e. The number of hydrogen-bond acceptors (Lipinski definition) is 6. The zero-order valence-corrected chi connectivity index (χ0v) is 17.0. The zero-order chi connectivity index (χ0) is 18.4. The molecule has 3 aliphatic heterocycles. The molecule has 2 unspecified atom stereocenters. The molecular weight excluding hydrogens is 400 g/mol. The maximum absolute atomic E-state index is 13.1. The van der Waals surface area contributed by atoms with Gasteiger partial charge in [0, 0.05) is 54.1 Å². The lowest BCUT2D eigenvalue weighted by Gasteiger charge is -2.36. The normalized spacial score (nSPS) is 24.1. The van der Waals surface area contributed by atoms with Gasteiger partial charge in [-0.3, -0.25) is 4.79 Å². The minimum atomic E-state index is 0.0834. The number of thiophene rings is 1. The highest BCUT2D eigenvalue weighted by Gasteiger charge is 2.42. The molecule has 1 amide bonds. The number of hydrogen-bond donors (Lipinski definition) is 1. The van der Waals surface area contributed by atoms with Crippen LogP contribution >= 0.6 is 34.7 Å². The van der Waals surface area contributed by atoms with Crippen LogP contribution in [0.5, 0.6) is 0 Å². The number of amides is 1. The highest BCUT2D eigenvalue weighted by molar-refractivity contribution is 8.01. The summed E-state index contributed by atoms with van der Waals surface area (Å²) in [4.78, 5) is 17.3. The van der Waals surface area contributed by atoms with Crippen LogP contribution in [0, 0.1) is 5.92 Å². The standard InChI is InChI=1S/C19H19ClN4OS2/c20-12-2-1-3-13(10-12)23-5-7-24(8-6-23)18(25)17-15-11-27-19-14(4-9-26-19)16(15)21-22-17/h1-4,9-10,15-16,21H,5-8,11H2. The number of rotatable bonds is 2. The zero-order valence-electron chi connectivity index (χ0n) is 14.6. The van der Waals surface area contributed by atoms with Crippen LogP contribution in [-0.4, -0.2) is 48.5 Å². The van der Waals surface area contributed by atoms with Gasteiger partial charge in [0.05, 0.1) is 10.3 Å². The fourth-order valence-electron chi connectivity index (χ4n) is 3.96. The van der Waals surface area contributed by atoms with E-state index in [-0.39, 0.29) is 17.9 Å². The number of carbonyl (C=O) groups is 1. The van der Waals surface area contributed by atoms with E-state index in [9.17, 15) is 4.79 Å². The van der Waals surface area contributed by atoms with Gasteiger partial charge < -0.3 is 15.2 Å². The molecule has 3 aliphatic rings. The topological polar surface area (TPSA) is 47.9 Å². The molecule has 27 heavy (non-hydrogen) atoms. The second-order valence-electron chi connectivity index (χ2n) is 6.94. The van der Waals surface area contributed by atoms with E-state index in [1.54, 1.807) is 11.3 Å². The Hall–Kier alpha value is -1.70. The Morgan fingerprint density at radius 2 is 2.07 bits per heavy atom. The predicted molar refractivity (Wildman–Crippen MR) is 112 cm³/mol.